The van der Waals surface area contributed by atoms with Crippen molar-refractivity contribution in [2.75, 3.05) is 6.61 Å². The van der Waals surface area contributed by atoms with Gasteiger partial charge in [-0.05, 0) is 13.3 Å². The Morgan fingerprint density at radius 1 is 1.27 bits per heavy atom. The monoisotopic (exact) mass is 313 g/mol. The Morgan fingerprint density at radius 2 is 1.91 bits per heavy atom. The third-order valence-electron chi connectivity index (χ3n) is 1.29. The number of carbonyl (C=O) groups excluding carboxylic acids is 1. The van der Waals surface area contributed by atoms with E-state index in [2.05, 4.69) is 6.92 Å². The summed E-state index contributed by atoms with van der Waals surface area (Å²) < 4.78 is 4.75. The Balaban J connectivity index is 0. The molecule has 0 unspecified atom stereocenters. The molecule has 0 aromatic rings. The Hall–Kier alpha value is 0.704. The van der Waals surface area contributed by atoms with Gasteiger partial charge >= 0.3 is 5.97 Å². The Bertz CT molecular complexity index is 94.1. The fraction of sp³-hybridized carbons (Fsp3) is 0.875. The first-order chi connectivity index (χ1) is 4.81. The predicted octanol–water partition coefficient (Wildman–Crippen LogP) is 2.13. The number of ether oxygens (including phenoxy) is 1. The molecule has 0 rings (SSSR count). The quantitative estimate of drug-likeness (QED) is 0.574. The second-order valence-electron chi connectivity index (χ2n) is 2.26. The van der Waals surface area contributed by atoms with E-state index in [0.717, 1.165) is 19.3 Å². The molecule has 0 fully saturated rings. The van der Waals surface area contributed by atoms with Gasteiger partial charge in [-0.2, -0.15) is 0 Å². The van der Waals surface area contributed by atoms with Crippen LogP contribution < -0.4 is 0 Å². The number of esters is 1. The molecule has 0 spiro atoms. The molecule has 0 amide bonds. The van der Waals surface area contributed by atoms with Crippen LogP contribution in [0.2, 0.25) is 0 Å². The summed E-state index contributed by atoms with van der Waals surface area (Å²) in [5.74, 6) is -0.0593. The summed E-state index contributed by atoms with van der Waals surface area (Å²) in [4.78, 5) is 10.7. The fourth-order valence-corrected chi connectivity index (χ4v) is 0.752. The third kappa shape index (κ3) is 10.7. The third-order valence-corrected chi connectivity index (χ3v) is 1.29. The number of carbonyl (C=O) groups is 1. The van der Waals surface area contributed by atoms with E-state index in [-0.39, 0.29) is 42.8 Å². The van der Waals surface area contributed by atoms with Crippen LogP contribution in [0.1, 0.15) is 39.5 Å². The predicted molar refractivity (Wildman–Crippen MR) is 40.8 cm³/mol. The maximum atomic E-state index is 10.7. The molecule has 0 aliphatic heterocycles. The molecule has 0 atom stereocenters. The van der Waals surface area contributed by atoms with Crippen molar-refractivity contribution in [3.63, 3.8) is 0 Å². The minimum absolute atomic E-state index is 0. The molecule has 1 radical (unpaired) electrons. The summed E-state index contributed by atoms with van der Waals surface area (Å²) in [7, 11) is 0. The van der Waals surface area contributed by atoms with Gasteiger partial charge in [-0.3, -0.25) is 4.79 Å². The number of hydrogen-bond donors (Lipinski definition) is 0. The summed E-state index contributed by atoms with van der Waals surface area (Å²) in [5.41, 5.74) is 0. The first kappa shape index (κ1) is 14.2. The van der Waals surface area contributed by atoms with Crippen molar-refractivity contribution >= 4 is 5.97 Å². The summed E-state index contributed by atoms with van der Waals surface area (Å²) in [5, 5.41) is 0. The van der Waals surface area contributed by atoms with Crippen LogP contribution in [0.25, 0.3) is 0 Å². The van der Waals surface area contributed by atoms with Gasteiger partial charge in [0.1, 0.15) is 0 Å². The van der Waals surface area contributed by atoms with E-state index in [9.17, 15) is 4.79 Å². The zero-order valence-electron chi connectivity index (χ0n) is 7.13. The summed E-state index contributed by atoms with van der Waals surface area (Å²) >= 11 is 0. The van der Waals surface area contributed by atoms with Crippen LogP contribution in [-0.2, 0) is 9.53 Å². The largest absolute Gasteiger partial charge is 0.466 e. The van der Waals surface area contributed by atoms with Crippen molar-refractivity contribution in [2.24, 2.45) is 0 Å². The Morgan fingerprint density at radius 3 is 2.36 bits per heavy atom. The van der Waals surface area contributed by atoms with E-state index in [4.69, 9.17) is 4.74 Å². The second kappa shape index (κ2) is 10.7. The molecule has 3 heteroatoms. The van der Waals surface area contributed by atoms with Crippen LogP contribution in [0.15, 0.2) is 0 Å². The van der Waals surface area contributed by atoms with Gasteiger partial charge < -0.3 is 4.74 Å². The van der Waals surface area contributed by atoms with Crippen LogP contribution >= 0.6 is 0 Å². The van der Waals surface area contributed by atoms with Gasteiger partial charge in [-0.25, -0.2) is 0 Å². The molecule has 0 heterocycles. The minimum Gasteiger partial charge on any atom is -0.466 e. The van der Waals surface area contributed by atoms with Crippen LogP contribution in [0.4, 0.5) is 0 Å². The normalized spacial score (nSPS) is 8.55. The molecule has 0 N–H and O–H groups in total. The van der Waals surface area contributed by atoms with Crippen molar-refractivity contribution in [1.29, 1.82) is 0 Å². The molecule has 0 aliphatic carbocycles. The van der Waals surface area contributed by atoms with Crippen LogP contribution in [0.3, 0.4) is 0 Å². The van der Waals surface area contributed by atoms with E-state index in [0.29, 0.717) is 13.0 Å². The summed E-state index contributed by atoms with van der Waals surface area (Å²) in [6.07, 6.45) is 3.83. The smallest absolute Gasteiger partial charge is 0.305 e. The molecule has 0 aromatic heterocycles. The van der Waals surface area contributed by atoms with Crippen molar-refractivity contribution in [1.82, 2.24) is 0 Å². The number of rotatable bonds is 5. The van der Waals surface area contributed by atoms with Gasteiger partial charge in [0.25, 0.3) is 0 Å². The maximum Gasteiger partial charge on any atom is 0.305 e. The van der Waals surface area contributed by atoms with Gasteiger partial charge in [0.2, 0.25) is 0 Å². The standard InChI is InChI=1S/C8H16O2.Tm/c1-3-5-6-7-8(9)10-4-2;/h3-7H2,1-2H3;. The maximum absolute atomic E-state index is 10.7. The molecule has 0 aromatic carbocycles. The minimum atomic E-state index is -0.0593. The number of hydrogen-bond acceptors (Lipinski definition) is 2. The van der Waals surface area contributed by atoms with Gasteiger partial charge in [0.05, 0.1) is 6.61 Å². The van der Waals surface area contributed by atoms with Crippen LogP contribution in [-0.4, -0.2) is 12.6 Å². The molecular weight excluding hydrogens is 297 g/mol. The molecule has 0 saturated heterocycles. The molecule has 2 nitrogen and oxygen atoms in total. The van der Waals surface area contributed by atoms with E-state index in [1.54, 1.807) is 0 Å². The average molecular weight is 313 g/mol. The van der Waals surface area contributed by atoms with E-state index in [1.165, 1.54) is 0 Å². The summed E-state index contributed by atoms with van der Waals surface area (Å²) in [6.45, 7) is 4.45. The van der Waals surface area contributed by atoms with E-state index < -0.39 is 0 Å². The fourth-order valence-electron chi connectivity index (χ4n) is 0.752. The van der Waals surface area contributed by atoms with Crippen LogP contribution in [0.5, 0.6) is 0 Å². The molecule has 0 saturated carbocycles. The zero-order valence-corrected chi connectivity index (χ0v) is 8.91. The first-order valence-electron chi connectivity index (χ1n) is 3.96. The molecular formula is C8H16O2Tm. The molecule has 0 bridgehead atoms. The zero-order chi connectivity index (χ0) is 7.82. The van der Waals surface area contributed by atoms with E-state index in [1.807, 2.05) is 6.92 Å². The van der Waals surface area contributed by atoms with Crippen molar-refractivity contribution in [2.45, 2.75) is 39.5 Å². The molecule has 11 heavy (non-hydrogen) atoms. The Kier molecular flexibility index (Phi) is 13.9. The Labute approximate surface area is 97.9 Å². The van der Waals surface area contributed by atoms with Gasteiger partial charge in [-0.1, -0.05) is 19.8 Å². The van der Waals surface area contributed by atoms with E-state index >= 15 is 0 Å². The second-order valence-corrected chi connectivity index (χ2v) is 2.26. The first-order valence-corrected chi connectivity index (χ1v) is 3.96. The molecule has 73 valence electrons. The average Bonchev–Trinajstić information content (AvgIpc) is 1.89. The van der Waals surface area contributed by atoms with Gasteiger partial charge in [-0.15, -0.1) is 0 Å². The van der Waals surface area contributed by atoms with Crippen molar-refractivity contribution < 1.29 is 46.4 Å². The van der Waals surface area contributed by atoms with Crippen molar-refractivity contribution in [3.05, 3.63) is 0 Å². The van der Waals surface area contributed by atoms with Crippen LogP contribution in [0, 0.1) is 36.9 Å². The van der Waals surface area contributed by atoms with Gasteiger partial charge in [0, 0.05) is 43.3 Å². The van der Waals surface area contributed by atoms with Crippen molar-refractivity contribution in [3.8, 4) is 0 Å². The van der Waals surface area contributed by atoms with Gasteiger partial charge in [0.15, 0.2) is 0 Å². The number of unbranched alkanes of at least 4 members (excludes halogenated alkanes) is 2. The SMILES string of the molecule is CCCCCC(=O)OCC.[Tm]. The molecule has 0 aliphatic rings. The summed E-state index contributed by atoms with van der Waals surface area (Å²) in [6, 6.07) is 0. The topological polar surface area (TPSA) is 26.3 Å².